The Labute approximate surface area is 120 Å². The van der Waals surface area contributed by atoms with Gasteiger partial charge in [-0.25, -0.2) is 0 Å². The molecule has 0 bridgehead atoms. The third kappa shape index (κ3) is 4.25. The Morgan fingerprint density at radius 3 is 2.90 bits per heavy atom. The van der Waals surface area contributed by atoms with E-state index in [4.69, 9.17) is 9.26 Å². The van der Waals surface area contributed by atoms with Crippen LogP contribution in [0.5, 0.6) is 0 Å². The highest BCUT2D eigenvalue weighted by Crippen LogP contribution is 2.12. The van der Waals surface area contributed by atoms with Crippen LogP contribution in [0.25, 0.3) is 0 Å². The molecule has 0 aliphatic carbocycles. The Balaban J connectivity index is 1.96. The minimum Gasteiger partial charge on any atom is -0.384 e. The second-order valence-corrected chi connectivity index (χ2v) is 6.07. The summed E-state index contributed by atoms with van der Waals surface area (Å²) in [5.74, 6) is 1.83. The highest BCUT2D eigenvalue weighted by molar-refractivity contribution is 7.84. The van der Waals surface area contributed by atoms with Crippen molar-refractivity contribution in [3.63, 3.8) is 0 Å². The van der Waals surface area contributed by atoms with Crippen molar-refractivity contribution in [2.24, 2.45) is 0 Å². The molecule has 20 heavy (non-hydrogen) atoms. The lowest BCUT2D eigenvalue weighted by Crippen LogP contribution is -2.07. The monoisotopic (exact) mass is 294 g/mol. The van der Waals surface area contributed by atoms with Crippen molar-refractivity contribution in [2.75, 3.05) is 19.5 Å². The summed E-state index contributed by atoms with van der Waals surface area (Å²) in [6.45, 7) is 2.52. The van der Waals surface area contributed by atoms with Crippen molar-refractivity contribution >= 4 is 10.8 Å². The van der Waals surface area contributed by atoms with Crippen molar-refractivity contribution in [1.82, 2.24) is 10.1 Å². The number of rotatable bonds is 7. The summed E-state index contributed by atoms with van der Waals surface area (Å²) < 4.78 is 21.8. The van der Waals surface area contributed by atoms with Gasteiger partial charge in [-0.1, -0.05) is 29.4 Å². The topological polar surface area (TPSA) is 65.2 Å². The molecule has 0 unspecified atom stereocenters. The molecule has 0 N–H and O–H groups in total. The summed E-state index contributed by atoms with van der Waals surface area (Å²) in [6, 6.07) is 8.07. The number of benzene rings is 1. The summed E-state index contributed by atoms with van der Waals surface area (Å²) in [5.41, 5.74) is 2.35. The van der Waals surface area contributed by atoms with Crippen LogP contribution in [0.3, 0.4) is 0 Å². The molecule has 0 amide bonds. The predicted octanol–water partition coefficient (Wildman–Crippen LogP) is 1.86. The van der Waals surface area contributed by atoms with Crippen molar-refractivity contribution in [2.45, 2.75) is 19.1 Å². The molecule has 0 saturated heterocycles. The van der Waals surface area contributed by atoms with Gasteiger partial charge in [-0.2, -0.15) is 4.98 Å². The van der Waals surface area contributed by atoms with E-state index in [-0.39, 0.29) is 0 Å². The van der Waals surface area contributed by atoms with Gasteiger partial charge in [0, 0.05) is 23.7 Å². The molecule has 1 atom stereocenters. The molecule has 5 nitrogen and oxygen atoms in total. The number of ether oxygens (including phenoxy) is 1. The van der Waals surface area contributed by atoms with Gasteiger partial charge in [0.25, 0.3) is 0 Å². The molecule has 0 aliphatic heterocycles. The first-order valence-electron chi connectivity index (χ1n) is 6.39. The van der Waals surface area contributed by atoms with Crippen LogP contribution in [0.2, 0.25) is 0 Å². The summed E-state index contributed by atoms with van der Waals surface area (Å²) in [5, 5.41) is 3.87. The standard InChI is InChI=1S/C14H18N2O3S/c1-11-5-3-4-6-12(11)9-14-15-13(16-19-14)10-20(17)8-7-18-2/h3-6H,7-10H2,1-2H3/t20-/m0/s1. The summed E-state index contributed by atoms with van der Waals surface area (Å²) in [4.78, 5) is 4.28. The van der Waals surface area contributed by atoms with E-state index in [0.717, 1.165) is 5.56 Å². The van der Waals surface area contributed by atoms with Crippen molar-refractivity contribution < 1.29 is 13.5 Å². The number of nitrogens with zero attached hydrogens (tertiary/aromatic N) is 2. The molecule has 0 aliphatic rings. The molecule has 2 aromatic rings. The van der Waals surface area contributed by atoms with E-state index in [9.17, 15) is 4.21 Å². The zero-order valence-electron chi connectivity index (χ0n) is 11.7. The van der Waals surface area contributed by atoms with E-state index in [1.54, 1.807) is 7.11 Å². The van der Waals surface area contributed by atoms with Crippen LogP contribution in [0, 0.1) is 6.92 Å². The molecule has 0 radical (unpaired) electrons. The quantitative estimate of drug-likeness (QED) is 0.780. The van der Waals surface area contributed by atoms with Gasteiger partial charge in [0.15, 0.2) is 5.82 Å². The maximum atomic E-state index is 11.7. The van der Waals surface area contributed by atoms with Crippen molar-refractivity contribution in [3.8, 4) is 0 Å². The zero-order valence-corrected chi connectivity index (χ0v) is 12.5. The van der Waals surface area contributed by atoms with Crippen LogP contribution >= 0.6 is 0 Å². The van der Waals surface area contributed by atoms with Gasteiger partial charge in [-0.15, -0.1) is 0 Å². The first kappa shape index (κ1) is 14.9. The van der Waals surface area contributed by atoms with Gasteiger partial charge >= 0.3 is 0 Å². The highest BCUT2D eigenvalue weighted by atomic mass is 32.2. The summed E-state index contributed by atoms with van der Waals surface area (Å²) in [7, 11) is 0.571. The third-order valence-electron chi connectivity index (χ3n) is 2.92. The number of methoxy groups -OCH3 is 1. The smallest absolute Gasteiger partial charge is 0.231 e. The van der Waals surface area contributed by atoms with Gasteiger partial charge in [0.05, 0.1) is 18.8 Å². The summed E-state index contributed by atoms with van der Waals surface area (Å²) >= 11 is 0. The Kier molecular flexibility index (Phi) is 5.43. The third-order valence-corrected chi connectivity index (χ3v) is 4.12. The number of aryl methyl sites for hydroxylation is 1. The molecule has 1 aromatic carbocycles. The van der Waals surface area contributed by atoms with Crippen LogP contribution in [0.4, 0.5) is 0 Å². The van der Waals surface area contributed by atoms with Gasteiger partial charge in [-0.05, 0) is 18.1 Å². The number of hydrogen-bond donors (Lipinski definition) is 0. The van der Waals surface area contributed by atoms with Gasteiger partial charge in [0.2, 0.25) is 5.89 Å². The first-order valence-corrected chi connectivity index (χ1v) is 7.87. The first-order chi connectivity index (χ1) is 9.69. The number of hydrogen-bond acceptors (Lipinski definition) is 5. The Morgan fingerprint density at radius 1 is 1.35 bits per heavy atom. The largest absolute Gasteiger partial charge is 0.384 e. The maximum Gasteiger partial charge on any atom is 0.231 e. The lowest BCUT2D eigenvalue weighted by atomic mass is 10.1. The molecule has 1 aromatic heterocycles. The van der Waals surface area contributed by atoms with Gasteiger partial charge in [-0.3, -0.25) is 4.21 Å². The molecule has 6 heteroatoms. The lowest BCUT2D eigenvalue weighted by Gasteiger charge is -2.00. The fourth-order valence-corrected chi connectivity index (χ4v) is 2.69. The lowest BCUT2D eigenvalue weighted by molar-refractivity contribution is 0.218. The number of aromatic nitrogens is 2. The minimum atomic E-state index is -1.02. The highest BCUT2D eigenvalue weighted by Gasteiger charge is 2.11. The normalized spacial score (nSPS) is 12.5. The van der Waals surface area contributed by atoms with E-state index < -0.39 is 10.8 Å². The average Bonchev–Trinajstić information content (AvgIpc) is 2.86. The SMILES string of the molecule is COCC[S@](=O)Cc1noc(Cc2ccccc2C)n1. The fourth-order valence-electron chi connectivity index (χ4n) is 1.78. The van der Waals surface area contributed by atoms with Crippen LogP contribution in [0.1, 0.15) is 22.8 Å². The molecular weight excluding hydrogens is 276 g/mol. The molecule has 0 saturated carbocycles. The van der Waals surface area contributed by atoms with Crippen LogP contribution < -0.4 is 0 Å². The molecule has 0 spiro atoms. The Morgan fingerprint density at radius 2 is 2.15 bits per heavy atom. The van der Waals surface area contributed by atoms with Crippen LogP contribution in [0.15, 0.2) is 28.8 Å². The molecular formula is C14H18N2O3S. The Hall–Kier alpha value is -1.53. The Bertz CT molecular complexity index is 583. The molecule has 1 heterocycles. The van der Waals surface area contributed by atoms with Crippen LogP contribution in [-0.4, -0.2) is 33.8 Å². The second-order valence-electron chi connectivity index (χ2n) is 4.49. The maximum absolute atomic E-state index is 11.7. The fraction of sp³-hybridized carbons (Fsp3) is 0.429. The molecule has 2 rings (SSSR count). The molecule has 0 fully saturated rings. The van der Waals surface area contributed by atoms with Gasteiger partial charge < -0.3 is 9.26 Å². The second kappa shape index (κ2) is 7.31. The van der Waals surface area contributed by atoms with E-state index >= 15 is 0 Å². The predicted molar refractivity (Wildman–Crippen MR) is 76.9 cm³/mol. The van der Waals surface area contributed by atoms with Crippen molar-refractivity contribution in [1.29, 1.82) is 0 Å². The molecule has 108 valence electrons. The van der Waals surface area contributed by atoms with E-state index in [2.05, 4.69) is 10.1 Å². The van der Waals surface area contributed by atoms with E-state index in [0.29, 0.717) is 36.2 Å². The van der Waals surface area contributed by atoms with Crippen molar-refractivity contribution in [3.05, 3.63) is 47.1 Å². The average molecular weight is 294 g/mol. The van der Waals surface area contributed by atoms with Crippen LogP contribution in [-0.2, 0) is 27.7 Å². The van der Waals surface area contributed by atoms with E-state index in [1.807, 2.05) is 31.2 Å². The van der Waals surface area contributed by atoms with E-state index in [1.165, 1.54) is 5.56 Å². The summed E-state index contributed by atoms with van der Waals surface area (Å²) in [6.07, 6.45) is 0.602. The minimum absolute atomic E-state index is 0.306. The van der Waals surface area contributed by atoms with Gasteiger partial charge in [0.1, 0.15) is 0 Å². The zero-order chi connectivity index (χ0) is 14.4.